The number of pyridine rings is 1. The summed E-state index contributed by atoms with van der Waals surface area (Å²) < 4.78 is 48.3. The van der Waals surface area contributed by atoms with Gasteiger partial charge in [0.15, 0.2) is 5.11 Å². The van der Waals surface area contributed by atoms with E-state index in [-0.39, 0.29) is 12.1 Å². The highest BCUT2D eigenvalue weighted by Crippen LogP contribution is 2.32. The van der Waals surface area contributed by atoms with Gasteiger partial charge in [-0.15, -0.1) is 0 Å². The molecule has 1 N–H and O–H groups in total. The molecule has 0 saturated heterocycles. The number of alkyl halides is 3. The predicted octanol–water partition coefficient (Wildman–Crippen LogP) is 6.45. The maximum absolute atomic E-state index is 13.7. The van der Waals surface area contributed by atoms with Crippen LogP contribution in [0.25, 0.3) is 0 Å². The highest BCUT2D eigenvalue weighted by atomic mass is 32.1. The number of thiocarbonyl (C=S) groups is 1. The number of aromatic nitrogens is 3. The zero-order valence-corrected chi connectivity index (χ0v) is 23.3. The van der Waals surface area contributed by atoms with Crippen LogP contribution in [-0.4, -0.2) is 38.2 Å². The molecule has 41 heavy (non-hydrogen) atoms. The van der Waals surface area contributed by atoms with Gasteiger partial charge in [0.25, 0.3) is 0 Å². The van der Waals surface area contributed by atoms with Crippen LogP contribution in [0.4, 0.5) is 18.9 Å². The first-order valence-electron chi connectivity index (χ1n) is 13.0. The lowest BCUT2D eigenvalue weighted by atomic mass is 10.1. The van der Waals surface area contributed by atoms with Crippen LogP contribution in [0.1, 0.15) is 40.8 Å². The molecule has 11 heteroatoms. The molecule has 0 spiro atoms. The van der Waals surface area contributed by atoms with Gasteiger partial charge in [-0.2, -0.15) is 18.4 Å². The molecule has 0 bridgehead atoms. The van der Waals surface area contributed by atoms with Gasteiger partial charge in [-0.25, -0.2) is 9.97 Å². The molecule has 0 aliphatic carbocycles. The molecule has 212 valence electrons. The number of halogens is 3. The summed E-state index contributed by atoms with van der Waals surface area (Å²) in [7, 11) is 1.51. The minimum Gasteiger partial charge on any atom is -0.481 e. The van der Waals surface area contributed by atoms with E-state index in [1.54, 1.807) is 47.8 Å². The summed E-state index contributed by atoms with van der Waals surface area (Å²) in [5, 5.41) is 12.4. The number of hydrogen-bond donors (Lipinski definition) is 1. The Hall–Kier alpha value is -4.43. The van der Waals surface area contributed by atoms with E-state index < -0.39 is 11.7 Å². The van der Waals surface area contributed by atoms with Crippen molar-refractivity contribution in [2.45, 2.75) is 38.5 Å². The van der Waals surface area contributed by atoms with Gasteiger partial charge < -0.3 is 19.5 Å². The molecule has 0 saturated carbocycles. The lowest BCUT2D eigenvalue weighted by Crippen LogP contribution is -2.35. The molecule has 2 heterocycles. The van der Waals surface area contributed by atoms with Crippen molar-refractivity contribution in [2.75, 3.05) is 19.0 Å². The van der Waals surface area contributed by atoms with Crippen molar-refractivity contribution >= 4 is 23.0 Å². The van der Waals surface area contributed by atoms with E-state index in [0.29, 0.717) is 41.8 Å². The largest absolute Gasteiger partial charge is 0.481 e. The summed E-state index contributed by atoms with van der Waals surface area (Å²) in [5.74, 6) is 0.441. The van der Waals surface area contributed by atoms with Gasteiger partial charge in [0.05, 0.1) is 42.5 Å². The van der Waals surface area contributed by atoms with Gasteiger partial charge in [-0.05, 0) is 66.9 Å². The molecule has 0 aliphatic heterocycles. The first-order valence-corrected chi connectivity index (χ1v) is 13.4. The van der Waals surface area contributed by atoms with Gasteiger partial charge in [0.2, 0.25) is 5.88 Å². The van der Waals surface area contributed by atoms with E-state index >= 15 is 0 Å². The maximum atomic E-state index is 13.7. The van der Waals surface area contributed by atoms with Crippen LogP contribution in [-0.2, 0) is 25.7 Å². The van der Waals surface area contributed by atoms with E-state index in [2.05, 4.69) is 25.9 Å². The molecule has 0 amide bonds. The average molecular weight is 579 g/mol. The molecule has 0 atom stereocenters. The van der Waals surface area contributed by atoms with E-state index in [1.807, 2.05) is 18.3 Å². The van der Waals surface area contributed by atoms with Crippen molar-refractivity contribution < 1.29 is 17.9 Å². The number of aryl methyl sites for hydroxylation is 1. The van der Waals surface area contributed by atoms with E-state index in [0.717, 1.165) is 30.2 Å². The zero-order chi connectivity index (χ0) is 29.2. The van der Waals surface area contributed by atoms with Gasteiger partial charge in [0, 0.05) is 37.6 Å². The van der Waals surface area contributed by atoms with Crippen LogP contribution in [0.2, 0.25) is 0 Å². The average Bonchev–Trinajstić information content (AvgIpc) is 3.41. The van der Waals surface area contributed by atoms with Crippen LogP contribution in [0.5, 0.6) is 5.88 Å². The SMILES string of the molecule is COc1ccc(NC(=S)N(CCCCc2cncn2Cc2ccc(C#N)cc2)Cc2ccccc2C(F)(F)F)cn1. The fourth-order valence-corrected chi connectivity index (χ4v) is 4.63. The van der Waals surface area contributed by atoms with Crippen molar-refractivity contribution in [3.8, 4) is 11.9 Å². The first kappa shape index (κ1) is 29.6. The lowest BCUT2D eigenvalue weighted by molar-refractivity contribution is -0.138. The molecule has 4 aromatic rings. The molecule has 0 fully saturated rings. The number of nitriles is 1. The number of imidazole rings is 1. The second-order valence-electron chi connectivity index (χ2n) is 9.37. The minimum atomic E-state index is -4.47. The van der Waals surface area contributed by atoms with Gasteiger partial charge >= 0.3 is 6.18 Å². The number of nitrogens with zero attached hydrogens (tertiary/aromatic N) is 5. The standard InChI is InChI=1S/C30H29F3N6OS/c1-40-28-14-13-25(17-36-28)37-29(41)38(20-24-6-2-3-8-27(24)30(31,32)33)15-5-4-7-26-18-35-21-39(26)19-23-11-9-22(16-34)10-12-23/h2-3,6,8-14,17-18,21H,4-5,7,15,19-20H2,1H3,(H,37,41). The number of ether oxygens (including phenoxy) is 1. The molecular weight excluding hydrogens is 549 g/mol. The Bertz CT molecular complexity index is 1480. The summed E-state index contributed by atoms with van der Waals surface area (Å²) in [5.41, 5.74) is 2.80. The Kier molecular flexibility index (Phi) is 9.92. The third-order valence-electron chi connectivity index (χ3n) is 6.51. The molecule has 2 aromatic carbocycles. The number of unbranched alkanes of at least 4 members (excludes halogenated alkanes) is 1. The predicted molar refractivity (Wildman–Crippen MR) is 154 cm³/mol. The van der Waals surface area contributed by atoms with Crippen LogP contribution in [0.15, 0.2) is 79.4 Å². The quantitative estimate of drug-likeness (QED) is 0.162. The smallest absolute Gasteiger partial charge is 0.416 e. The van der Waals surface area contributed by atoms with Gasteiger partial charge in [-0.3, -0.25) is 0 Å². The Balaban J connectivity index is 1.42. The number of methoxy groups -OCH3 is 1. The normalized spacial score (nSPS) is 11.1. The molecule has 0 aliphatic rings. The number of rotatable bonds is 11. The Morgan fingerprint density at radius 3 is 2.54 bits per heavy atom. The van der Waals surface area contributed by atoms with E-state index in [1.165, 1.54) is 19.2 Å². The maximum Gasteiger partial charge on any atom is 0.416 e. The minimum absolute atomic E-state index is 0.00171. The van der Waals surface area contributed by atoms with Crippen molar-refractivity contribution in [1.29, 1.82) is 5.26 Å². The van der Waals surface area contributed by atoms with Crippen LogP contribution < -0.4 is 10.1 Å². The lowest BCUT2D eigenvalue weighted by Gasteiger charge is -2.27. The number of benzene rings is 2. The molecular formula is C30H29F3N6OS. The van der Waals surface area contributed by atoms with E-state index in [4.69, 9.17) is 22.2 Å². The number of hydrogen-bond acceptors (Lipinski definition) is 5. The molecule has 0 unspecified atom stereocenters. The summed E-state index contributed by atoms with van der Waals surface area (Å²) in [6, 6.07) is 18.5. The Labute approximate surface area is 242 Å². The van der Waals surface area contributed by atoms with Crippen molar-refractivity contribution in [3.05, 3.63) is 107 Å². The van der Waals surface area contributed by atoms with Crippen LogP contribution in [0.3, 0.4) is 0 Å². The van der Waals surface area contributed by atoms with Gasteiger partial charge in [0.1, 0.15) is 0 Å². The Morgan fingerprint density at radius 1 is 1.07 bits per heavy atom. The third kappa shape index (κ3) is 8.28. The fourth-order valence-electron chi connectivity index (χ4n) is 4.36. The summed E-state index contributed by atoms with van der Waals surface area (Å²) >= 11 is 5.64. The van der Waals surface area contributed by atoms with Crippen molar-refractivity contribution in [1.82, 2.24) is 19.4 Å². The topological polar surface area (TPSA) is 79.0 Å². The molecule has 2 aromatic heterocycles. The second kappa shape index (κ2) is 13.8. The molecule has 7 nitrogen and oxygen atoms in total. The highest BCUT2D eigenvalue weighted by molar-refractivity contribution is 7.80. The van der Waals surface area contributed by atoms with Crippen molar-refractivity contribution in [2.24, 2.45) is 0 Å². The number of anilines is 1. The zero-order valence-electron chi connectivity index (χ0n) is 22.4. The second-order valence-corrected chi connectivity index (χ2v) is 9.76. The fraction of sp³-hybridized carbons (Fsp3) is 0.267. The Morgan fingerprint density at radius 2 is 1.85 bits per heavy atom. The van der Waals surface area contributed by atoms with Crippen LogP contribution >= 0.6 is 12.2 Å². The first-order chi connectivity index (χ1) is 19.8. The monoisotopic (exact) mass is 578 g/mol. The third-order valence-corrected chi connectivity index (χ3v) is 6.87. The van der Waals surface area contributed by atoms with Gasteiger partial charge in [-0.1, -0.05) is 30.3 Å². The summed E-state index contributed by atoms with van der Waals surface area (Å²) in [6.45, 7) is 1.08. The molecule has 0 radical (unpaired) electrons. The van der Waals surface area contributed by atoms with Crippen molar-refractivity contribution in [3.63, 3.8) is 0 Å². The van der Waals surface area contributed by atoms with E-state index in [9.17, 15) is 13.2 Å². The number of nitrogens with one attached hydrogen (secondary N) is 1. The highest BCUT2D eigenvalue weighted by Gasteiger charge is 2.33. The summed E-state index contributed by atoms with van der Waals surface area (Å²) in [4.78, 5) is 10.2. The summed E-state index contributed by atoms with van der Waals surface area (Å²) in [6.07, 6.45) is 2.90. The van der Waals surface area contributed by atoms with Crippen LogP contribution in [0, 0.1) is 11.3 Å². The molecule has 4 rings (SSSR count).